The Hall–Kier alpha value is -1.00. The Labute approximate surface area is 87.4 Å². The SMILES string of the molecule is CC(C)(CN)NC(=O)c1occc1Cl. The third-order valence-electron chi connectivity index (χ3n) is 1.79. The van der Waals surface area contributed by atoms with Crippen LogP contribution in [0.4, 0.5) is 0 Å². The monoisotopic (exact) mass is 216 g/mol. The zero-order valence-electron chi connectivity index (χ0n) is 8.13. The summed E-state index contributed by atoms with van der Waals surface area (Å²) in [4.78, 5) is 11.6. The lowest BCUT2D eigenvalue weighted by Gasteiger charge is -2.23. The number of furan rings is 1. The van der Waals surface area contributed by atoms with Crippen LogP contribution in [0, 0.1) is 0 Å². The summed E-state index contributed by atoms with van der Waals surface area (Å²) in [5.74, 6) is -0.233. The average Bonchev–Trinajstić information content (AvgIpc) is 2.51. The number of carbonyl (C=O) groups excluding carboxylic acids is 1. The molecule has 78 valence electrons. The number of rotatable bonds is 3. The van der Waals surface area contributed by atoms with E-state index in [9.17, 15) is 4.79 Å². The minimum absolute atomic E-state index is 0.119. The van der Waals surface area contributed by atoms with Gasteiger partial charge in [0.15, 0.2) is 0 Å². The highest BCUT2D eigenvalue weighted by Gasteiger charge is 2.22. The summed E-state index contributed by atoms with van der Waals surface area (Å²) >= 11 is 5.72. The summed E-state index contributed by atoms with van der Waals surface area (Å²) in [6, 6.07) is 1.52. The van der Waals surface area contributed by atoms with Gasteiger partial charge in [0.05, 0.1) is 11.3 Å². The molecule has 0 radical (unpaired) electrons. The zero-order chi connectivity index (χ0) is 10.8. The first kappa shape index (κ1) is 11.1. The molecule has 0 atom stereocenters. The standard InChI is InChI=1S/C9H13ClN2O2/c1-9(2,5-11)12-8(13)7-6(10)3-4-14-7/h3-4H,5,11H2,1-2H3,(H,12,13). The molecule has 0 aliphatic carbocycles. The first-order valence-corrected chi connectivity index (χ1v) is 4.59. The Morgan fingerprint density at radius 2 is 2.36 bits per heavy atom. The highest BCUT2D eigenvalue weighted by molar-refractivity contribution is 6.33. The Kier molecular flexibility index (Phi) is 3.18. The number of carbonyl (C=O) groups is 1. The third kappa shape index (κ3) is 2.49. The Balaban J connectivity index is 2.73. The number of hydrogen-bond donors (Lipinski definition) is 2. The molecule has 0 fully saturated rings. The van der Waals surface area contributed by atoms with Crippen LogP contribution in [-0.4, -0.2) is 18.0 Å². The summed E-state index contributed by atoms with van der Waals surface area (Å²) < 4.78 is 4.93. The van der Waals surface area contributed by atoms with Crippen LogP contribution in [0.2, 0.25) is 5.02 Å². The molecule has 1 aromatic rings. The summed E-state index contributed by atoms with van der Waals surface area (Å²) in [6.45, 7) is 3.99. The van der Waals surface area contributed by atoms with E-state index < -0.39 is 5.54 Å². The van der Waals surface area contributed by atoms with Crippen molar-refractivity contribution < 1.29 is 9.21 Å². The topological polar surface area (TPSA) is 68.3 Å². The van der Waals surface area contributed by atoms with Gasteiger partial charge in [-0.15, -0.1) is 0 Å². The average molecular weight is 217 g/mol. The first-order valence-electron chi connectivity index (χ1n) is 4.22. The molecule has 0 saturated carbocycles. The molecule has 3 N–H and O–H groups in total. The van der Waals surface area contributed by atoms with Gasteiger partial charge < -0.3 is 15.5 Å². The molecule has 0 aromatic carbocycles. The summed E-state index contributed by atoms with van der Waals surface area (Å²) in [6.07, 6.45) is 1.37. The third-order valence-corrected chi connectivity index (χ3v) is 2.08. The number of hydrogen-bond acceptors (Lipinski definition) is 3. The maximum atomic E-state index is 11.6. The molecule has 0 saturated heterocycles. The summed E-state index contributed by atoms with van der Waals surface area (Å²) in [5, 5.41) is 3.01. The molecule has 0 bridgehead atoms. The van der Waals surface area contributed by atoms with Crippen LogP contribution in [0.15, 0.2) is 16.7 Å². The lowest BCUT2D eigenvalue weighted by Crippen LogP contribution is -2.48. The predicted molar refractivity (Wildman–Crippen MR) is 54.3 cm³/mol. The molecule has 14 heavy (non-hydrogen) atoms. The van der Waals surface area contributed by atoms with E-state index >= 15 is 0 Å². The van der Waals surface area contributed by atoms with Gasteiger partial charge in [-0.05, 0) is 19.9 Å². The number of amides is 1. The van der Waals surface area contributed by atoms with Gasteiger partial charge in [-0.25, -0.2) is 0 Å². The van der Waals surface area contributed by atoms with Crippen LogP contribution >= 0.6 is 11.6 Å². The largest absolute Gasteiger partial charge is 0.458 e. The number of halogens is 1. The van der Waals surface area contributed by atoms with Gasteiger partial charge in [0.25, 0.3) is 5.91 Å². The molecular weight excluding hydrogens is 204 g/mol. The minimum atomic E-state index is -0.465. The van der Waals surface area contributed by atoms with E-state index in [0.717, 1.165) is 0 Å². The maximum Gasteiger partial charge on any atom is 0.289 e. The quantitative estimate of drug-likeness (QED) is 0.803. The zero-order valence-corrected chi connectivity index (χ0v) is 8.89. The normalized spacial score (nSPS) is 11.4. The molecule has 0 aliphatic rings. The minimum Gasteiger partial charge on any atom is -0.458 e. The van der Waals surface area contributed by atoms with Crippen LogP contribution in [0.25, 0.3) is 0 Å². The molecule has 0 aliphatic heterocycles. The first-order chi connectivity index (χ1) is 6.46. The van der Waals surface area contributed by atoms with E-state index in [1.807, 2.05) is 13.8 Å². The lowest BCUT2D eigenvalue weighted by atomic mass is 10.1. The molecule has 0 unspecified atom stereocenters. The van der Waals surface area contributed by atoms with Gasteiger partial charge in [0, 0.05) is 12.1 Å². The Morgan fingerprint density at radius 3 is 2.79 bits per heavy atom. The fraction of sp³-hybridized carbons (Fsp3) is 0.444. The van der Waals surface area contributed by atoms with Gasteiger partial charge >= 0.3 is 0 Å². The molecule has 5 heteroatoms. The second kappa shape index (κ2) is 4.02. The molecule has 1 amide bonds. The highest BCUT2D eigenvalue weighted by Crippen LogP contribution is 2.17. The fourth-order valence-corrected chi connectivity index (χ4v) is 1.05. The predicted octanol–water partition coefficient (Wildman–Crippen LogP) is 1.40. The number of nitrogens with one attached hydrogen (secondary N) is 1. The Morgan fingerprint density at radius 1 is 1.71 bits per heavy atom. The smallest absolute Gasteiger partial charge is 0.289 e. The van der Waals surface area contributed by atoms with Crippen molar-refractivity contribution in [3.63, 3.8) is 0 Å². The van der Waals surface area contributed by atoms with E-state index in [1.165, 1.54) is 12.3 Å². The van der Waals surface area contributed by atoms with Crippen LogP contribution < -0.4 is 11.1 Å². The van der Waals surface area contributed by atoms with Gasteiger partial charge in [0.1, 0.15) is 0 Å². The Bertz CT molecular complexity index is 333. The molecule has 0 spiro atoms. The second-order valence-electron chi connectivity index (χ2n) is 3.64. The molecular formula is C9H13ClN2O2. The molecule has 4 nitrogen and oxygen atoms in total. The van der Waals surface area contributed by atoms with Gasteiger partial charge in [-0.3, -0.25) is 4.79 Å². The number of nitrogens with two attached hydrogens (primary N) is 1. The van der Waals surface area contributed by atoms with Crippen molar-refractivity contribution in [2.24, 2.45) is 5.73 Å². The van der Waals surface area contributed by atoms with Crippen LogP contribution in [0.1, 0.15) is 24.4 Å². The van der Waals surface area contributed by atoms with Gasteiger partial charge in [-0.1, -0.05) is 11.6 Å². The van der Waals surface area contributed by atoms with Crippen molar-refractivity contribution in [1.29, 1.82) is 0 Å². The van der Waals surface area contributed by atoms with E-state index in [-0.39, 0.29) is 11.7 Å². The van der Waals surface area contributed by atoms with Crippen molar-refractivity contribution in [3.05, 3.63) is 23.1 Å². The van der Waals surface area contributed by atoms with Crippen molar-refractivity contribution in [2.75, 3.05) is 6.54 Å². The van der Waals surface area contributed by atoms with E-state index in [1.54, 1.807) is 0 Å². The van der Waals surface area contributed by atoms with Crippen molar-refractivity contribution in [2.45, 2.75) is 19.4 Å². The lowest BCUT2D eigenvalue weighted by molar-refractivity contribution is 0.0887. The molecule has 1 aromatic heterocycles. The maximum absolute atomic E-state index is 11.6. The van der Waals surface area contributed by atoms with Crippen molar-refractivity contribution in [1.82, 2.24) is 5.32 Å². The van der Waals surface area contributed by atoms with Gasteiger partial charge in [-0.2, -0.15) is 0 Å². The highest BCUT2D eigenvalue weighted by atomic mass is 35.5. The fourth-order valence-electron chi connectivity index (χ4n) is 0.871. The van der Waals surface area contributed by atoms with Gasteiger partial charge in [0.2, 0.25) is 5.76 Å². The van der Waals surface area contributed by atoms with Crippen LogP contribution in [0.5, 0.6) is 0 Å². The van der Waals surface area contributed by atoms with E-state index in [2.05, 4.69) is 5.32 Å². The second-order valence-corrected chi connectivity index (χ2v) is 4.05. The van der Waals surface area contributed by atoms with E-state index in [0.29, 0.717) is 11.6 Å². The van der Waals surface area contributed by atoms with Crippen LogP contribution in [-0.2, 0) is 0 Å². The van der Waals surface area contributed by atoms with Crippen molar-refractivity contribution >= 4 is 17.5 Å². The van der Waals surface area contributed by atoms with Crippen molar-refractivity contribution in [3.8, 4) is 0 Å². The molecule has 1 heterocycles. The van der Waals surface area contributed by atoms with Crippen LogP contribution in [0.3, 0.4) is 0 Å². The summed E-state index contributed by atoms with van der Waals surface area (Å²) in [7, 11) is 0. The van der Waals surface area contributed by atoms with E-state index in [4.69, 9.17) is 21.8 Å². The molecule has 1 rings (SSSR count). The summed E-state index contributed by atoms with van der Waals surface area (Å²) in [5.41, 5.74) is 5.00.